The molecule has 1 aromatic carbocycles. The van der Waals surface area contributed by atoms with Crippen LogP contribution in [0.2, 0.25) is 0 Å². The predicted octanol–water partition coefficient (Wildman–Crippen LogP) is 2.74. The molecule has 6 rings (SSSR count). The lowest BCUT2D eigenvalue weighted by molar-refractivity contribution is -0.674. The molecular formula is C24H20FN4O3+. The van der Waals surface area contributed by atoms with Gasteiger partial charge in [-0.1, -0.05) is 19.1 Å². The average molecular weight is 431 g/mol. The molecule has 2 aliphatic rings. The summed E-state index contributed by atoms with van der Waals surface area (Å²) in [7, 11) is 0. The number of ether oxygens (including phenoxy) is 1. The van der Waals surface area contributed by atoms with Crippen LogP contribution in [0.15, 0.2) is 29.2 Å². The number of pyridine rings is 1. The van der Waals surface area contributed by atoms with Crippen LogP contribution in [-0.4, -0.2) is 27.5 Å². The number of aromatic amines is 1. The SMILES string of the molecule is CCOC(=O)c1c[n+](C2CC2)c2c(cc(F)c3[nH]c4nc5c(c4nc32)C(C)C=CC=5)c1=O. The number of esters is 1. The molecule has 1 N–H and O–H groups in total. The van der Waals surface area contributed by atoms with Crippen LogP contribution in [0.3, 0.4) is 0 Å². The molecule has 160 valence electrons. The normalized spacial score (nSPS) is 17.7. The number of fused-ring (bicyclic) bond motifs is 6. The van der Waals surface area contributed by atoms with E-state index in [1.165, 1.54) is 6.07 Å². The Labute approximate surface area is 181 Å². The molecule has 0 saturated heterocycles. The van der Waals surface area contributed by atoms with Gasteiger partial charge in [-0.15, -0.1) is 0 Å². The van der Waals surface area contributed by atoms with Gasteiger partial charge in [-0.2, -0.15) is 4.57 Å². The number of carbonyl (C=O) groups excluding carboxylic acids is 1. The summed E-state index contributed by atoms with van der Waals surface area (Å²) in [6.07, 6.45) is 9.29. The van der Waals surface area contributed by atoms with Gasteiger partial charge in [0.15, 0.2) is 29.0 Å². The lowest BCUT2D eigenvalue weighted by Gasteiger charge is -2.09. The highest BCUT2D eigenvalue weighted by Gasteiger charge is 2.37. The summed E-state index contributed by atoms with van der Waals surface area (Å²) in [5.74, 6) is -1.20. The number of allylic oxidation sites excluding steroid dienone is 2. The first-order valence-electron chi connectivity index (χ1n) is 10.8. The third kappa shape index (κ3) is 2.62. The molecule has 1 atom stereocenters. The molecule has 1 saturated carbocycles. The van der Waals surface area contributed by atoms with E-state index >= 15 is 4.39 Å². The summed E-state index contributed by atoms with van der Waals surface area (Å²) >= 11 is 0. The smallest absolute Gasteiger partial charge is 0.348 e. The lowest BCUT2D eigenvalue weighted by Crippen LogP contribution is -2.38. The Kier molecular flexibility index (Phi) is 3.96. The number of benzene rings is 1. The zero-order chi connectivity index (χ0) is 22.1. The van der Waals surface area contributed by atoms with E-state index in [0.29, 0.717) is 22.2 Å². The summed E-state index contributed by atoms with van der Waals surface area (Å²) in [6, 6.07) is 1.31. The highest BCUT2D eigenvalue weighted by Crippen LogP contribution is 2.33. The standard InChI is InChI=1S/C24H19FN4O3/c1-3-32-24(31)14-10-29(12-7-8-12)21-13(22(14)30)9-15(25)18-20(21)27-19-17-11(2)5-4-6-16(17)26-23(19)28-18/h4-6,9-12H,3,7-8H2,1-2H3/p+1. The molecule has 0 amide bonds. The first kappa shape index (κ1) is 19.0. The fourth-order valence-electron chi connectivity index (χ4n) is 4.59. The van der Waals surface area contributed by atoms with Gasteiger partial charge in [-0.05, 0) is 19.1 Å². The van der Waals surface area contributed by atoms with Crippen molar-refractivity contribution in [1.29, 1.82) is 0 Å². The van der Waals surface area contributed by atoms with Gasteiger partial charge in [0, 0.05) is 24.3 Å². The third-order valence-electron chi connectivity index (χ3n) is 6.24. The third-order valence-corrected chi connectivity index (χ3v) is 6.24. The molecule has 3 heterocycles. The van der Waals surface area contributed by atoms with Crippen molar-refractivity contribution < 1.29 is 18.5 Å². The Bertz CT molecular complexity index is 1620. The summed E-state index contributed by atoms with van der Waals surface area (Å²) in [4.78, 5) is 38.2. The van der Waals surface area contributed by atoms with Crippen molar-refractivity contribution in [3.8, 4) is 0 Å². The molecule has 0 aliphatic heterocycles. The minimum Gasteiger partial charge on any atom is -0.462 e. The number of aromatic nitrogens is 4. The van der Waals surface area contributed by atoms with E-state index in [9.17, 15) is 9.59 Å². The van der Waals surface area contributed by atoms with Gasteiger partial charge < -0.3 is 9.72 Å². The second-order valence-electron chi connectivity index (χ2n) is 8.39. The number of rotatable bonds is 3. The van der Waals surface area contributed by atoms with Crippen LogP contribution in [0.25, 0.3) is 39.2 Å². The van der Waals surface area contributed by atoms with Crippen molar-refractivity contribution >= 4 is 45.1 Å². The quantitative estimate of drug-likeness (QED) is 0.306. The van der Waals surface area contributed by atoms with Gasteiger partial charge in [0.05, 0.1) is 12.0 Å². The van der Waals surface area contributed by atoms with Crippen molar-refractivity contribution in [2.24, 2.45) is 0 Å². The molecule has 32 heavy (non-hydrogen) atoms. The molecule has 1 unspecified atom stereocenters. The molecule has 8 heteroatoms. The van der Waals surface area contributed by atoms with Crippen LogP contribution in [-0.2, 0) is 4.74 Å². The first-order valence-corrected chi connectivity index (χ1v) is 10.8. The van der Waals surface area contributed by atoms with E-state index in [1.54, 1.807) is 13.1 Å². The molecule has 2 aliphatic carbocycles. The fraction of sp³-hybridized carbons (Fsp3) is 0.292. The Morgan fingerprint density at radius 2 is 2.12 bits per heavy atom. The summed E-state index contributed by atoms with van der Waals surface area (Å²) in [5.41, 5.74) is 2.59. The Morgan fingerprint density at radius 1 is 1.31 bits per heavy atom. The number of hydrogen-bond donors (Lipinski definition) is 1. The number of halogens is 1. The van der Waals surface area contributed by atoms with Gasteiger partial charge in [-0.25, -0.2) is 19.2 Å². The van der Waals surface area contributed by atoms with Crippen LogP contribution < -0.4 is 15.3 Å². The number of nitrogens with zero attached hydrogens (tertiary/aromatic N) is 3. The highest BCUT2D eigenvalue weighted by molar-refractivity contribution is 6.04. The zero-order valence-corrected chi connectivity index (χ0v) is 17.6. The second kappa shape index (κ2) is 6.66. The summed E-state index contributed by atoms with van der Waals surface area (Å²) in [6.45, 7) is 3.89. The number of H-pyrrole nitrogens is 1. The average Bonchev–Trinajstić information content (AvgIpc) is 3.54. The molecule has 7 nitrogen and oxygen atoms in total. The van der Waals surface area contributed by atoms with E-state index in [-0.39, 0.29) is 35.0 Å². The van der Waals surface area contributed by atoms with Crippen molar-refractivity contribution in [3.63, 3.8) is 0 Å². The Balaban J connectivity index is 1.77. The van der Waals surface area contributed by atoms with Gasteiger partial charge >= 0.3 is 5.97 Å². The van der Waals surface area contributed by atoms with Gasteiger partial charge in [-0.3, -0.25) is 4.79 Å². The molecule has 1 fully saturated rings. The maximum Gasteiger partial charge on any atom is 0.348 e. The number of hydrogen-bond acceptors (Lipinski definition) is 5. The second-order valence-corrected chi connectivity index (χ2v) is 8.39. The van der Waals surface area contributed by atoms with Crippen LogP contribution in [0, 0.1) is 5.82 Å². The molecule has 0 bridgehead atoms. The van der Waals surface area contributed by atoms with Gasteiger partial charge in [0.25, 0.3) is 0 Å². The Hall–Kier alpha value is -3.68. The minimum atomic E-state index is -0.699. The van der Waals surface area contributed by atoms with Crippen molar-refractivity contribution in [3.05, 3.63) is 56.9 Å². The molecule has 4 aromatic rings. The summed E-state index contributed by atoms with van der Waals surface area (Å²) < 4.78 is 22.2. The minimum absolute atomic E-state index is 0.0872. The van der Waals surface area contributed by atoms with Crippen LogP contribution in [0.4, 0.5) is 4.39 Å². The van der Waals surface area contributed by atoms with Crippen molar-refractivity contribution in [2.75, 3.05) is 6.61 Å². The van der Waals surface area contributed by atoms with E-state index in [4.69, 9.17) is 9.72 Å². The highest BCUT2D eigenvalue weighted by atomic mass is 19.1. The van der Waals surface area contributed by atoms with Gasteiger partial charge in [0.2, 0.25) is 10.9 Å². The predicted molar refractivity (Wildman–Crippen MR) is 117 cm³/mol. The van der Waals surface area contributed by atoms with Gasteiger partial charge in [0.1, 0.15) is 22.2 Å². The molecule has 3 aromatic heterocycles. The van der Waals surface area contributed by atoms with E-state index in [2.05, 4.69) is 23.0 Å². The number of carbonyl (C=O) groups is 1. The lowest BCUT2D eigenvalue weighted by atomic mass is 9.98. The van der Waals surface area contributed by atoms with Crippen molar-refractivity contribution in [1.82, 2.24) is 15.0 Å². The molecule has 0 spiro atoms. The Morgan fingerprint density at radius 3 is 2.88 bits per heavy atom. The van der Waals surface area contributed by atoms with Crippen LogP contribution >= 0.6 is 0 Å². The van der Waals surface area contributed by atoms with E-state index in [0.717, 1.165) is 23.8 Å². The molecular weight excluding hydrogens is 411 g/mol. The van der Waals surface area contributed by atoms with E-state index < -0.39 is 17.2 Å². The first-order chi connectivity index (χ1) is 15.5. The maximum atomic E-state index is 15.2. The fourth-order valence-corrected chi connectivity index (χ4v) is 4.59. The molecule has 0 radical (unpaired) electrons. The summed E-state index contributed by atoms with van der Waals surface area (Å²) in [5, 5.41) is 0.934. The number of nitrogens with one attached hydrogen (secondary N) is 1. The van der Waals surface area contributed by atoms with Crippen molar-refractivity contribution in [2.45, 2.75) is 38.6 Å². The van der Waals surface area contributed by atoms with Crippen LogP contribution in [0.5, 0.6) is 0 Å². The van der Waals surface area contributed by atoms with Crippen LogP contribution in [0.1, 0.15) is 54.6 Å². The largest absolute Gasteiger partial charge is 0.462 e. The monoisotopic (exact) mass is 431 g/mol. The van der Waals surface area contributed by atoms with E-state index in [1.807, 2.05) is 16.7 Å². The zero-order valence-electron chi connectivity index (χ0n) is 17.6. The topological polar surface area (TPSA) is 88.8 Å². The maximum absolute atomic E-state index is 15.2.